The second-order valence-electron chi connectivity index (χ2n) is 5.00. The molecule has 1 unspecified atom stereocenters. The first-order valence-corrected chi connectivity index (χ1v) is 6.70. The molecule has 1 fully saturated rings. The van der Waals surface area contributed by atoms with Gasteiger partial charge in [-0.25, -0.2) is 4.79 Å². The first kappa shape index (κ1) is 15.5. The summed E-state index contributed by atoms with van der Waals surface area (Å²) in [6.07, 6.45) is 1.08. The van der Waals surface area contributed by atoms with Crippen molar-refractivity contribution in [3.05, 3.63) is 32.6 Å². The lowest BCUT2D eigenvalue weighted by molar-refractivity contribution is -0.135. The van der Waals surface area contributed by atoms with E-state index >= 15 is 0 Å². The number of aromatic amines is 1. The molecule has 1 saturated heterocycles. The third kappa shape index (κ3) is 3.79. The molecular formula is C13H19N3O5. The van der Waals surface area contributed by atoms with Crippen LogP contribution < -0.4 is 11.2 Å². The van der Waals surface area contributed by atoms with Gasteiger partial charge in [0.05, 0.1) is 32.3 Å². The number of hydrogen-bond donors (Lipinski definition) is 1. The van der Waals surface area contributed by atoms with Crippen LogP contribution in [0.2, 0.25) is 0 Å². The maximum absolute atomic E-state index is 12.1. The van der Waals surface area contributed by atoms with Gasteiger partial charge in [-0.05, 0) is 0 Å². The van der Waals surface area contributed by atoms with Crippen LogP contribution in [0.5, 0.6) is 0 Å². The van der Waals surface area contributed by atoms with Gasteiger partial charge in [0.1, 0.15) is 0 Å². The highest BCUT2D eigenvalue weighted by molar-refractivity contribution is 5.78. The van der Waals surface area contributed by atoms with Crippen LogP contribution in [0, 0.1) is 0 Å². The predicted octanol–water partition coefficient (Wildman–Crippen LogP) is -1.51. The molecule has 1 N–H and O–H groups in total. The molecule has 1 aliphatic rings. The van der Waals surface area contributed by atoms with E-state index in [9.17, 15) is 14.4 Å². The number of ether oxygens (including phenoxy) is 2. The number of hydrogen-bond acceptors (Lipinski definition) is 5. The van der Waals surface area contributed by atoms with Crippen molar-refractivity contribution < 1.29 is 14.3 Å². The molecule has 0 bridgehead atoms. The van der Waals surface area contributed by atoms with Crippen molar-refractivity contribution >= 4 is 5.91 Å². The van der Waals surface area contributed by atoms with Crippen molar-refractivity contribution in [3.8, 4) is 0 Å². The summed E-state index contributed by atoms with van der Waals surface area (Å²) in [7, 11) is 3.02. The van der Waals surface area contributed by atoms with Gasteiger partial charge in [0.2, 0.25) is 5.91 Å². The molecule has 2 heterocycles. The number of rotatable bonds is 4. The Balaban J connectivity index is 1.99. The van der Waals surface area contributed by atoms with Crippen LogP contribution in [0.25, 0.3) is 0 Å². The number of carbonyl (C=O) groups is 1. The third-order valence-electron chi connectivity index (χ3n) is 3.38. The van der Waals surface area contributed by atoms with E-state index in [1.54, 1.807) is 7.05 Å². The van der Waals surface area contributed by atoms with Crippen molar-refractivity contribution in [2.45, 2.75) is 12.5 Å². The molecule has 0 saturated carbocycles. The summed E-state index contributed by atoms with van der Waals surface area (Å²) in [5, 5.41) is 0. The molecule has 1 aliphatic heterocycles. The highest BCUT2D eigenvalue weighted by Crippen LogP contribution is 2.04. The minimum absolute atomic E-state index is 0.0620. The molecule has 1 aromatic heterocycles. The maximum atomic E-state index is 12.1. The fourth-order valence-electron chi connectivity index (χ4n) is 2.09. The van der Waals surface area contributed by atoms with Crippen LogP contribution in [-0.4, -0.2) is 59.9 Å². The zero-order valence-electron chi connectivity index (χ0n) is 12.1. The molecule has 0 aliphatic carbocycles. The summed E-state index contributed by atoms with van der Waals surface area (Å²) < 4.78 is 11.7. The Morgan fingerprint density at radius 2 is 2.24 bits per heavy atom. The van der Waals surface area contributed by atoms with Gasteiger partial charge in [0.15, 0.2) is 0 Å². The molecular weight excluding hydrogens is 278 g/mol. The van der Waals surface area contributed by atoms with Gasteiger partial charge >= 0.3 is 5.69 Å². The van der Waals surface area contributed by atoms with E-state index in [4.69, 9.17) is 9.47 Å². The van der Waals surface area contributed by atoms with Gasteiger partial charge in [0.25, 0.3) is 5.56 Å². The van der Waals surface area contributed by atoms with Crippen LogP contribution in [0.1, 0.15) is 5.56 Å². The number of aromatic nitrogens is 2. The normalized spacial score (nSPS) is 18.5. The molecule has 2 rings (SSSR count). The average Bonchev–Trinajstić information content (AvgIpc) is 2.48. The number of carbonyl (C=O) groups excluding carboxylic acids is 1. The van der Waals surface area contributed by atoms with E-state index in [-0.39, 0.29) is 24.0 Å². The van der Waals surface area contributed by atoms with Crippen LogP contribution >= 0.6 is 0 Å². The molecule has 0 spiro atoms. The summed E-state index contributed by atoms with van der Waals surface area (Å²) in [5.41, 5.74) is -0.704. The van der Waals surface area contributed by atoms with Crippen molar-refractivity contribution in [3.63, 3.8) is 0 Å². The van der Waals surface area contributed by atoms with E-state index < -0.39 is 11.2 Å². The van der Waals surface area contributed by atoms with Gasteiger partial charge in [0, 0.05) is 32.4 Å². The predicted molar refractivity (Wildman–Crippen MR) is 74.2 cm³/mol. The van der Waals surface area contributed by atoms with Gasteiger partial charge in [-0.15, -0.1) is 0 Å². The molecule has 0 aromatic carbocycles. The highest BCUT2D eigenvalue weighted by Gasteiger charge is 2.20. The summed E-state index contributed by atoms with van der Waals surface area (Å²) >= 11 is 0. The molecule has 116 valence electrons. The van der Waals surface area contributed by atoms with Gasteiger partial charge in [-0.2, -0.15) is 0 Å². The number of nitrogens with zero attached hydrogens (tertiary/aromatic N) is 2. The van der Waals surface area contributed by atoms with Gasteiger partial charge < -0.3 is 19.4 Å². The zero-order valence-corrected chi connectivity index (χ0v) is 12.1. The van der Waals surface area contributed by atoms with Crippen LogP contribution in [0.15, 0.2) is 15.8 Å². The lowest BCUT2D eigenvalue weighted by atomic mass is 10.2. The van der Waals surface area contributed by atoms with Crippen LogP contribution in [0.3, 0.4) is 0 Å². The Hall–Kier alpha value is -1.93. The summed E-state index contributed by atoms with van der Waals surface area (Å²) in [6, 6.07) is 0. The Bertz CT molecular complexity index is 615. The van der Waals surface area contributed by atoms with E-state index in [1.165, 1.54) is 18.1 Å². The van der Waals surface area contributed by atoms with Crippen LogP contribution in [-0.2, 0) is 27.7 Å². The lowest BCUT2D eigenvalue weighted by Crippen LogP contribution is -2.42. The van der Waals surface area contributed by atoms with E-state index in [2.05, 4.69) is 4.98 Å². The standard InChI is InChI=1S/C13H19N3O5/c1-15(7-10-8-20-3-4-21-10)11(17)5-9-6-14-13(19)16(2)12(9)18/h6,10H,3-5,7-8H2,1-2H3,(H,14,19). The highest BCUT2D eigenvalue weighted by atomic mass is 16.6. The van der Waals surface area contributed by atoms with Crippen molar-refractivity contribution in [1.29, 1.82) is 0 Å². The lowest BCUT2D eigenvalue weighted by Gasteiger charge is -2.27. The first-order valence-electron chi connectivity index (χ1n) is 6.70. The first-order chi connectivity index (χ1) is 9.99. The summed E-state index contributed by atoms with van der Waals surface area (Å²) in [5.74, 6) is -0.215. The fourth-order valence-corrected chi connectivity index (χ4v) is 2.09. The maximum Gasteiger partial charge on any atom is 0.328 e. The Morgan fingerprint density at radius 3 is 2.90 bits per heavy atom. The van der Waals surface area contributed by atoms with Crippen molar-refractivity contribution in [2.24, 2.45) is 7.05 Å². The molecule has 1 amide bonds. The minimum atomic E-state index is -0.502. The monoisotopic (exact) mass is 297 g/mol. The number of H-pyrrole nitrogens is 1. The third-order valence-corrected chi connectivity index (χ3v) is 3.38. The van der Waals surface area contributed by atoms with Gasteiger partial charge in [-0.1, -0.05) is 0 Å². The average molecular weight is 297 g/mol. The molecule has 8 nitrogen and oxygen atoms in total. The summed E-state index contributed by atoms with van der Waals surface area (Å²) in [4.78, 5) is 39.2. The largest absolute Gasteiger partial charge is 0.376 e. The molecule has 21 heavy (non-hydrogen) atoms. The number of amides is 1. The molecule has 0 radical (unpaired) electrons. The Morgan fingerprint density at radius 1 is 1.48 bits per heavy atom. The van der Waals surface area contributed by atoms with Crippen LogP contribution in [0.4, 0.5) is 0 Å². The Kier molecular flexibility index (Phi) is 4.92. The quantitative estimate of drug-likeness (QED) is 0.729. The van der Waals surface area contributed by atoms with E-state index in [1.807, 2.05) is 0 Å². The fraction of sp³-hybridized carbons (Fsp3) is 0.615. The number of likely N-dealkylation sites (N-methyl/N-ethyl adjacent to an activating group) is 1. The summed E-state index contributed by atoms with van der Waals surface area (Å²) in [6.45, 7) is 1.95. The zero-order chi connectivity index (χ0) is 15.4. The van der Waals surface area contributed by atoms with E-state index in [0.717, 1.165) is 4.57 Å². The van der Waals surface area contributed by atoms with E-state index in [0.29, 0.717) is 26.4 Å². The minimum Gasteiger partial charge on any atom is -0.376 e. The molecule has 1 aromatic rings. The topological polar surface area (TPSA) is 93.6 Å². The second kappa shape index (κ2) is 6.68. The molecule has 8 heteroatoms. The smallest absolute Gasteiger partial charge is 0.328 e. The number of nitrogens with one attached hydrogen (secondary N) is 1. The Labute approximate surface area is 121 Å². The van der Waals surface area contributed by atoms with Crippen molar-refractivity contribution in [1.82, 2.24) is 14.5 Å². The van der Waals surface area contributed by atoms with Gasteiger partial charge in [-0.3, -0.25) is 14.2 Å². The SMILES string of the molecule is CN(CC1COCCO1)C(=O)Cc1c[nH]c(=O)n(C)c1=O. The molecule has 1 atom stereocenters. The second-order valence-corrected chi connectivity index (χ2v) is 5.00. The van der Waals surface area contributed by atoms with Crippen molar-refractivity contribution in [2.75, 3.05) is 33.4 Å².